The highest BCUT2D eigenvalue weighted by Crippen LogP contribution is 2.19. The fourth-order valence-corrected chi connectivity index (χ4v) is 1.97. The number of rotatable bonds is 5. The van der Waals surface area contributed by atoms with Gasteiger partial charge in [0.15, 0.2) is 0 Å². The van der Waals surface area contributed by atoms with Crippen LogP contribution in [0.4, 0.5) is 5.82 Å². The Kier molecular flexibility index (Phi) is 4.71. The zero-order chi connectivity index (χ0) is 14.4. The van der Waals surface area contributed by atoms with Crippen LogP contribution >= 0.6 is 0 Å². The highest BCUT2D eigenvalue weighted by Gasteiger charge is 2.07. The van der Waals surface area contributed by atoms with E-state index in [-0.39, 0.29) is 5.91 Å². The number of carbonyl (C=O) groups is 1. The van der Waals surface area contributed by atoms with Gasteiger partial charge in [-0.05, 0) is 42.7 Å². The van der Waals surface area contributed by atoms with Gasteiger partial charge in [0.25, 0.3) is 0 Å². The molecular formula is C16H18N2O2. The monoisotopic (exact) mass is 270 g/mol. The maximum atomic E-state index is 11.9. The molecule has 1 N–H and O–H groups in total. The number of aromatic nitrogens is 1. The number of anilines is 1. The molecule has 0 aliphatic heterocycles. The zero-order valence-electron chi connectivity index (χ0n) is 11.7. The number of para-hydroxylation sites is 1. The molecule has 0 aliphatic rings. The number of aryl methyl sites for hydroxylation is 2. The van der Waals surface area contributed by atoms with Crippen LogP contribution < -0.4 is 10.1 Å². The minimum absolute atomic E-state index is 0.0472. The summed E-state index contributed by atoms with van der Waals surface area (Å²) in [5.41, 5.74) is 2.10. The molecule has 1 heterocycles. The predicted molar refractivity (Wildman–Crippen MR) is 78.9 cm³/mol. The highest BCUT2D eigenvalue weighted by molar-refractivity contribution is 5.89. The third-order valence-corrected chi connectivity index (χ3v) is 3.00. The standard InChI is InChI=1S/C16H18N2O2/c1-12-9-10-17-15(11-12)18-16(19)8-7-13-5-3-4-6-14(13)20-2/h3-6,9-11H,7-8H2,1-2H3,(H,17,18,19). The molecule has 104 valence electrons. The average Bonchev–Trinajstić information content (AvgIpc) is 2.45. The molecule has 4 heteroatoms. The first-order valence-corrected chi connectivity index (χ1v) is 6.53. The van der Waals surface area contributed by atoms with Crippen LogP contribution in [0.3, 0.4) is 0 Å². The van der Waals surface area contributed by atoms with Gasteiger partial charge in [0, 0.05) is 12.6 Å². The number of hydrogen-bond donors (Lipinski definition) is 1. The van der Waals surface area contributed by atoms with Crippen molar-refractivity contribution in [3.8, 4) is 5.75 Å². The summed E-state index contributed by atoms with van der Waals surface area (Å²) in [5, 5.41) is 2.80. The molecule has 0 atom stereocenters. The fourth-order valence-electron chi connectivity index (χ4n) is 1.97. The predicted octanol–water partition coefficient (Wildman–Crippen LogP) is 2.97. The van der Waals surface area contributed by atoms with E-state index in [0.717, 1.165) is 16.9 Å². The van der Waals surface area contributed by atoms with Crippen LogP contribution in [-0.4, -0.2) is 18.0 Å². The SMILES string of the molecule is COc1ccccc1CCC(=O)Nc1cc(C)ccn1. The molecule has 0 spiro atoms. The molecule has 1 aromatic heterocycles. The number of hydrogen-bond acceptors (Lipinski definition) is 3. The zero-order valence-corrected chi connectivity index (χ0v) is 11.7. The highest BCUT2D eigenvalue weighted by atomic mass is 16.5. The summed E-state index contributed by atoms with van der Waals surface area (Å²) < 4.78 is 5.27. The molecule has 0 aliphatic carbocycles. The summed E-state index contributed by atoms with van der Waals surface area (Å²) in [4.78, 5) is 16.0. The third-order valence-electron chi connectivity index (χ3n) is 3.00. The van der Waals surface area contributed by atoms with E-state index in [0.29, 0.717) is 18.7 Å². The Morgan fingerprint density at radius 1 is 1.30 bits per heavy atom. The second-order valence-electron chi connectivity index (χ2n) is 4.58. The van der Waals surface area contributed by atoms with Crippen molar-refractivity contribution in [1.82, 2.24) is 4.98 Å². The van der Waals surface area contributed by atoms with E-state index >= 15 is 0 Å². The van der Waals surface area contributed by atoms with Gasteiger partial charge < -0.3 is 10.1 Å². The van der Waals surface area contributed by atoms with E-state index in [9.17, 15) is 4.79 Å². The van der Waals surface area contributed by atoms with Gasteiger partial charge in [-0.1, -0.05) is 18.2 Å². The Morgan fingerprint density at radius 2 is 2.10 bits per heavy atom. The second kappa shape index (κ2) is 6.70. The van der Waals surface area contributed by atoms with Crippen LogP contribution in [-0.2, 0) is 11.2 Å². The lowest BCUT2D eigenvalue weighted by molar-refractivity contribution is -0.116. The maximum Gasteiger partial charge on any atom is 0.225 e. The molecule has 0 saturated carbocycles. The molecule has 2 rings (SSSR count). The molecule has 0 bridgehead atoms. The second-order valence-corrected chi connectivity index (χ2v) is 4.58. The summed E-state index contributed by atoms with van der Waals surface area (Å²) in [6, 6.07) is 11.5. The van der Waals surface area contributed by atoms with Crippen LogP contribution in [0.5, 0.6) is 5.75 Å². The summed E-state index contributed by atoms with van der Waals surface area (Å²) >= 11 is 0. The topological polar surface area (TPSA) is 51.2 Å². The number of methoxy groups -OCH3 is 1. The third kappa shape index (κ3) is 3.82. The minimum atomic E-state index is -0.0472. The average molecular weight is 270 g/mol. The summed E-state index contributed by atoms with van der Waals surface area (Å²) in [6.45, 7) is 1.96. The van der Waals surface area contributed by atoms with E-state index in [2.05, 4.69) is 10.3 Å². The van der Waals surface area contributed by atoms with Crippen molar-refractivity contribution in [2.24, 2.45) is 0 Å². The van der Waals surface area contributed by atoms with Gasteiger partial charge in [0.05, 0.1) is 7.11 Å². The Labute approximate surface area is 118 Å². The van der Waals surface area contributed by atoms with Crippen LogP contribution in [0.25, 0.3) is 0 Å². The van der Waals surface area contributed by atoms with Crippen LogP contribution in [0.2, 0.25) is 0 Å². The molecule has 1 amide bonds. The lowest BCUT2D eigenvalue weighted by Gasteiger charge is -2.08. The van der Waals surface area contributed by atoms with Gasteiger partial charge in [-0.15, -0.1) is 0 Å². The molecule has 0 fully saturated rings. The van der Waals surface area contributed by atoms with Crippen molar-refractivity contribution in [3.05, 3.63) is 53.7 Å². The largest absolute Gasteiger partial charge is 0.496 e. The lowest BCUT2D eigenvalue weighted by Crippen LogP contribution is -2.13. The van der Waals surface area contributed by atoms with Crippen molar-refractivity contribution in [3.63, 3.8) is 0 Å². The normalized spacial score (nSPS) is 10.1. The maximum absolute atomic E-state index is 11.9. The molecule has 20 heavy (non-hydrogen) atoms. The first kappa shape index (κ1) is 14.1. The van der Waals surface area contributed by atoms with Crippen molar-refractivity contribution >= 4 is 11.7 Å². The Hall–Kier alpha value is -2.36. The van der Waals surface area contributed by atoms with E-state index in [4.69, 9.17) is 4.74 Å². The van der Waals surface area contributed by atoms with Gasteiger partial charge in [-0.25, -0.2) is 4.98 Å². The van der Waals surface area contributed by atoms with Gasteiger partial charge in [0.1, 0.15) is 11.6 Å². The van der Waals surface area contributed by atoms with E-state index in [1.165, 1.54) is 0 Å². The number of nitrogens with one attached hydrogen (secondary N) is 1. The summed E-state index contributed by atoms with van der Waals surface area (Å²) in [5.74, 6) is 1.36. The smallest absolute Gasteiger partial charge is 0.225 e. The van der Waals surface area contributed by atoms with Crippen molar-refractivity contribution < 1.29 is 9.53 Å². The van der Waals surface area contributed by atoms with Crippen LogP contribution in [0, 0.1) is 6.92 Å². The van der Waals surface area contributed by atoms with Crippen LogP contribution in [0.1, 0.15) is 17.5 Å². The molecule has 0 unspecified atom stereocenters. The van der Waals surface area contributed by atoms with E-state index in [1.807, 2.05) is 43.3 Å². The minimum Gasteiger partial charge on any atom is -0.496 e. The fraction of sp³-hybridized carbons (Fsp3) is 0.250. The quantitative estimate of drug-likeness (QED) is 0.908. The molecule has 4 nitrogen and oxygen atoms in total. The molecule has 0 saturated heterocycles. The number of nitrogens with zero attached hydrogens (tertiary/aromatic N) is 1. The van der Waals surface area contributed by atoms with Crippen molar-refractivity contribution in [2.45, 2.75) is 19.8 Å². The van der Waals surface area contributed by atoms with Crippen LogP contribution in [0.15, 0.2) is 42.6 Å². The number of pyridine rings is 1. The molecule has 2 aromatic rings. The number of benzene rings is 1. The number of ether oxygens (including phenoxy) is 1. The molecule has 0 radical (unpaired) electrons. The Balaban J connectivity index is 1.92. The van der Waals surface area contributed by atoms with Crippen molar-refractivity contribution in [1.29, 1.82) is 0 Å². The Bertz CT molecular complexity index is 597. The van der Waals surface area contributed by atoms with Gasteiger partial charge >= 0.3 is 0 Å². The van der Waals surface area contributed by atoms with E-state index in [1.54, 1.807) is 13.3 Å². The first-order valence-electron chi connectivity index (χ1n) is 6.53. The van der Waals surface area contributed by atoms with E-state index < -0.39 is 0 Å². The van der Waals surface area contributed by atoms with Gasteiger partial charge in [0.2, 0.25) is 5.91 Å². The number of carbonyl (C=O) groups excluding carboxylic acids is 1. The van der Waals surface area contributed by atoms with Gasteiger partial charge in [-0.3, -0.25) is 4.79 Å². The Morgan fingerprint density at radius 3 is 2.85 bits per heavy atom. The summed E-state index contributed by atoms with van der Waals surface area (Å²) in [6.07, 6.45) is 2.73. The van der Waals surface area contributed by atoms with Crippen molar-refractivity contribution in [2.75, 3.05) is 12.4 Å². The molecular weight excluding hydrogens is 252 g/mol. The molecule has 1 aromatic carbocycles. The summed E-state index contributed by atoms with van der Waals surface area (Å²) in [7, 11) is 1.63. The van der Waals surface area contributed by atoms with Gasteiger partial charge in [-0.2, -0.15) is 0 Å². The number of amides is 1. The first-order chi connectivity index (χ1) is 9.69. The lowest BCUT2D eigenvalue weighted by atomic mass is 10.1.